The predicted octanol–water partition coefficient (Wildman–Crippen LogP) is 2.94. The van der Waals surface area contributed by atoms with Crippen LogP contribution in [0.4, 0.5) is 5.13 Å². The van der Waals surface area contributed by atoms with Crippen molar-refractivity contribution < 1.29 is 0 Å². The summed E-state index contributed by atoms with van der Waals surface area (Å²) >= 11 is 7.61. The van der Waals surface area contributed by atoms with Crippen molar-refractivity contribution in [3.8, 4) is 0 Å². The lowest BCUT2D eigenvalue weighted by Crippen LogP contribution is -2.29. The molecule has 0 atom stereocenters. The molecule has 2 N–H and O–H groups in total. The summed E-state index contributed by atoms with van der Waals surface area (Å²) in [5.41, 5.74) is 8.41. The molecule has 0 aliphatic carbocycles. The molecule has 0 saturated carbocycles. The molecule has 3 rings (SSSR count). The number of anilines is 1. The second-order valence-corrected chi connectivity index (χ2v) is 6.12. The van der Waals surface area contributed by atoms with Crippen molar-refractivity contribution in [2.45, 2.75) is 19.5 Å². The molecule has 1 aromatic carbocycles. The SMILES string of the molecule is Nc1ncc(CN2CCc3ccc(Cl)cc3C2)s1. The lowest BCUT2D eigenvalue weighted by Gasteiger charge is -2.28. The lowest BCUT2D eigenvalue weighted by molar-refractivity contribution is 0.247. The van der Waals surface area contributed by atoms with Crippen molar-refractivity contribution in [2.75, 3.05) is 12.3 Å². The summed E-state index contributed by atoms with van der Waals surface area (Å²) in [6.07, 6.45) is 2.95. The van der Waals surface area contributed by atoms with Gasteiger partial charge in [0.2, 0.25) is 0 Å². The van der Waals surface area contributed by atoms with Crippen LogP contribution in [0.2, 0.25) is 5.02 Å². The zero-order chi connectivity index (χ0) is 12.5. The van der Waals surface area contributed by atoms with Gasteiger partial charge in [0.1, 0.15) is 0 Å². The van der Waals surface area contributed by atoms with Crippen LogP contribution >= 0.6 is 22.9 Å². The summed E-state index contributed by atoms with van der Waals surface area (Å²) in [6, 6.07) is 6.18. The molecule has 2 aromatic rings. The van der Waals surface area contributed by atoms with Crippen molar-refractivity contribution in [2.24, 2.45) is 0 Å². The van der Waals surface area contributed by atoms with Crippen LogP contribution in [0.1, 0.15) is 16.0 Å². The molecule has 1 aliphatic rings. The number of halogens is 1. The fourth-order valence-electron chi connectivity index (χ4n) is 2.34. The van der Waals surface area contributed by atoms with Gasteiger partial charge in [0.15, 0.2) is 5.13 Å². The Hall–Kier alpha value is -1.10. The Kier molecular flexibility index (Phi) is 3.24. The summed E-state index contributed by atoms with van der Waals surface area (Å²) in [6.45, 7) is 2.95. The van der Waals surface area contributed by atoms with Crippen LogP contribution in [0.25, 0.3) is 0 Å². The van der Waals surface area contributed by atoms with Crippen molar-refractivity contribution in [1.29, 1.82) is 0 Å². The molecule has 0 radical (unpaired) electrons. The number of nitrogens with two attached hydrogens (primary N) is 1. The number of rotatable bonds is 2. The number of nitrogens with zero attached hydrogens (tertiary/aromatic N) is 2. The topological polar surface area (TPSA) is 42.1 Å². The van der Waals surface area contributed by atoms with Gasteiger partial charge < -0.3 is 5.73 Å². The van der Waals surface area contributed by atoms with E-state index in [9.17, 15) is 0 Å². The molecule has 0 bridgehead atoms. The number of fused-ring (bicyclic) bond motifs is 1. The van der Waals surface area contributed by atoms with Crippen LogP contribution in [-0.2, 0) is 19.5 Å². The van der Waals surface area contributed by atoms with Crippen LogP contribution < -0.4 is 5.73 Å². The van der Waals surface area contributed by atoms with Crippen molar-refractivity contribution in [3.05, 3.63) is 45.4 Å². The molecule has 0 spiro atoms. The second-order valence-electron chi connectivity index (χ2n) is 4.54. The average Bonchev–Trinajstić information content (AvgIpc) is 2.74. The number of nitrogen functional groups attached to an aromatic ring is 1. The summed E-state index contributed by atoms with van der Waals surface area (Å²) in [5.74, 6) is 0. The maximum atomic E-state index is 6.04. The fourth-order valence-corrected chi connectivity index (χ4v) is 3.26. The quantitative estimate of drug-likeness (QED) is 0.919. The van der Waals surface area contributed by atoms with Gasteiger partial charge in [-0.15, -0.1) is 11.3 Å². The second kappa shape index (κ2) is 4.88. The van der Waals surface area contributed by atoms with E-state index in [2.05, 4.69) is 22.0 Å². The molecule has 0 saturated heterocycles. The molecule has 1 aromatic heterocycles. The van der Waals surface area contributed by atoms with E-state index >= 15 is 0 Å². The molecule has 18 heavy (non-hydrogen) atoms. The molecule has 0 fully saturated rings. The van der Waals surface area contributed by atoms with E-state index in [1.54, 1.807) is 11.3 Å². The van der Waals surface area contributed by atoms with Gasteiger partial charge in [-0.25, -0.2) is 4.98 Å². The smallest absolute Gasteiger partial charge is 0.180 e. The van der Waals surface area contributed by atoms with E-state index < -0.39 is 0 Å². The van der Waals surface area contributed by atoms with Crippen LogP contribution in [0.3, 0.4) is 0 Å². The molecule has 1 aliphatic heterocycles. The number of benzene rings is 1. The average molecular weight is 280 g/mol. The van der Waals surface area contributed by atoms with Crippen molar-refractivity contribution >= 4 is 28.1 Å². The first kappa shape index (κ1) is 12.0. The van der Waals surface area contributed by atoms with Crippen molar-refractivity contribution in [1.82, 2.24) is 9.88 Å². The van der Waals surface area contributed by atoms with Crippen LogP contribution in [0.15, 0.2) is 24.4 Å². The van der Waals surface area contributed by atoms with Gasteiger partial charge in [-0.1, -0.05) is 17.7 Å². The molecule has 3 nitrogen and oxygen atoms in total. The number of thiazole rings is 1. The number of hydrogen-bond acceptors (Lipinski definition) is 4. The van der Waals surface area contributed by atoms with Gasteiger partial charge >= 0.3 is 0 Å². The molecule has 0 amide bonds. The highest BCUT2D eigenvalue weighted by atomic mass is 35.5. The first-order valence-corrected chi connectivity index (χ1v) is 7.10. The zero-order valence-corrected chi connectivity index (χ0v) is 11.5. The minimum absolute atomic E-state index is 0.644. The van der Waals surface area contributed by atoms with E-state index in [4.69, 9.17) is 17.3 Å². The first-order chi connectivity index (χ1) is 8.70. The standard InChI is InChI=1S/C13H14ClN3S/c14-11-2-1-9-3-4-17(7-10(9)5-11)8-12-6-16-13(15)18-12/h1-2,5-6H,3-4,7-8H2,(H2,15,16). The fraction of sp³-hybridized carbons (Fsp3) is 0.308. The Labute approximate surface area is 115 Å². The van der Waals surface area contributed by atoms with Crippen molar-refractivity contribution in [3.63, 3.8) is 0 Å². The molecular weight excluding hydrogens is 266 g/mol. The molecular formula is C13H14ClN3S. The Morgan fingerprint density at radius 1 is 1.39 bits per heavy atom. The maximum absolute atomic E-state index is 6.04. The molecule has 94 valence electrons. The normalized spacial score (nSPS) is 15.6. The van der Waals surface area contributed by atoms with Crippen LogP contribution in [0, 0.1) is 0 Å². The highest BCUT2D eigenvalue weighted by molar-refractivity contribution is 7.15. The first-order valence-electron chi connectivity index (χ1n) is 5.90. The summed E-state index contributed by atoms with van der Waals surface area (Å²) < 4.78 is 0. The van der Waals surface area contributed by atoms with Gasteiger partial charge in [-0.2, -0.15) is 0 Å². The Balaban J connectivity index is 1.74. The molecule has 0 unspecified atom stereocenters. The monoisotopic (exact) mass is 279 g/mol. The minimum Gasteiger partial charge on any atom is -0.375 e. The van der Waals surface area contributed by atoms with Gasteiger partial charge in [-0.3, -0.25) is 4.90 Å². The van der Waals surface area contributed by atoms with E-state index in [0.717, 1.165) is 31.1 Å². The Morgan fingerprint density at radius 3 is 3.06 bits per heavy atom. The van der Waals surface area contributed by atoms with Crippen LogP contribution in [-0.4, -0.2) is 16.4 Å². The zero-order valence-electron chi connectivity index (χ0n) is 9.90. The van der Waals surface area contributed by atoms with Gasteiger partial charge in [0.05, 0.1) is 0 Å². The van der Waals surface area contributed by atoms with Crippen LogP contribution in [0.5, 0.6) is 0 Å². The Bertz CT molecular complexity index is 567. The Morgan fingerprint density at radius 2 is 2.28 bits per heavy atom. The van der Waals surface area contributed by atoms with Gasteiger partial charge in [0, 0.05) is 35.7 Å². The minimum atomic E-state index is 0.644. The third kappa shape index (κ3) is 2.51. The summed E-state index contributed by atoms with van der Waals surface area (Å²) in [4.78, 5) is 7.72. The largest absolute Gasteiger partial charge is 0.375 e. The van der Waals surface area contributed by atoms with E-state index in [1.165, 1.54) is 16.0 Å². The number of aromatic nitrogens is 1. The van der Waals surface area contributed by atoms with E-state index in [1.807, 2.05) is 12.3 Å². The third-order valence-electron chi connectivity index (χ3n) is 3.21. The predicted molar refractivity (Wildman–Crippen MR) is 75.8 cm³/mol. The lowest BCUT2D eigenvalue weighted by atomic mass is 10.00. The molecule has 5 heteroatoms. The third-order valence-corrected chi connectivity index (χ3v) is 4.26. The number of hydrogen-bond donors (Lipinski definition) is 1. The molecule has 2 heterocycles. The maximum Gasteiger partial charge on any atom is 0.180 e. The summed E-state index contributed by atoms with van der Waals surface area (Å²) in [7, 11) is 0. The highest BCUT2D eigenvalue weighted by Crippen LogP contribution is 2.25. The van der Waals surface area contributed by atoms with Gasteiger partial charge in [0.25, 0.3) is 0 Å². The van der Waals surface area contributed by atoms with E-state index in [-0.39, 0.29) is 0 Å². The summed E-state index contributed by atoms with van der Waals surface area (Å²) in [5, 5.41) is 1.46. The van der Waals surface area contributed by atoms with E-state index in [0.29, 0.717) is 5.13 Å². The highest BCUT2D eigenvalue weighted by Gasteiger charge is 2.17. The van der Waals surface area contributed by atoms with Gasteiger partial charge in [-0.05, 0) is 29.7 Å².